The van der Waals surface area contributed by atoms with Gasteiger partial charge in [0.1, 0.15) is 5.75 Å². The Balaban J connectivity index is 3.02. The highest BCUT2D eigenvalue weighted by Crippen LogP contribution is 2.35. The molecule has 0 aliphatic rings. The first-order valence-electron chi connectivity index (χ1n) is 5.27. The molecule has 0 amide bonds. The Hall–Kier alpha value is -1.26. The van der Waals surface area contributed by atoms with Gasteiger partial charge in [0, 0.05) is 23.0 Å². The van der Waals surface area contributed by atoms with Crippen molar-refractivity contribution in [1.29, 1.82) is 0 Å². The van der Waals surface area contributed by atoms with E-state index in [1.165, 1.54) is 0 Å². The van der Waals surface area contributed by atoms with E-state index >= 15 is 0 Å². The monoisotopic (exact) mass is 257 g/mol. The number of nitrogens with two attached hydrogens (primary N) is 1. The third kappa shape index (κ3) is 3.35. The lowest BCUT2D eigenvalue weighted by molar-refractivity contribution is -0.137. The largest absolute Gasteiger partial charge is 0.496 e. The molecule has 94 valence electrons. The fourth-order valence-corrected chi connectivity index (χ4v) is 2.01. The summed E-state index contributed by atoms with van der Waals surface area (Å²) in [6.07, 6.45) is 0.337. The Labute approximate surface area is 105 Å². The van der Waals surface area contributed by atoms with Gasteiger partial charge in [0.2, 0.25) is 0 Å². The molecule has 0 saturated carbocycles. The topological polar surface area (TPSA) is 72.5 Å². The number of carboxylic acids is 1. The van der Waals surface area contributed by atoms with Crippen LogP contribution in [0, 0.1) is 6.92 Å². The Morgan fingerprint density at radius 3 is 2.76 bits per heavy atom. The van der Waals surface area contributed by atoms with Crippen LogP contribution in [0.1, 0.15) is 30.0 Å². The van der Waals surface area contributed by atoms with Crippen molar-refractivity contribution in [2.75, 3.05) is 7.11 Å². The van der Waals surface area contributed by atoms with Gasteiger partial charge < -0.3 is 15.6 Å². The van der Waals surface area contributed by atoms with Crippen molar-refractivity contribution in [3.05, 3.63) is 28.3 Å². The van der Waals surface area contributed by atoms with Crippen LogP contribution in [-0.2, 0) is 4.79 Å². The molecule has 1 aromatic carbocycles. The van der Waals surface area contributed by atoms with Gasteiger partial charge in [-0.05, 0) is 25.0 Å². The minimum absolute atomic E-state index is 0.00852. The van der Waals surface area contributed by atoms with Crippen molar-refractivity contribution in [3.63, 3.8) is 0 Å². The third-order valence-electron chi connectivity index (χ3n) is 2.58. The summed E-state index contributed by atoms with van der Waals surface area (Å²) in [6, 6.07) is 3.15. The van der Waals surface area contributed by atoms with Crippen molar-refractivity contribution in [2.45, 2.75) is 25.8 Å². The first-order valence-corrected chi connectivity index (χ1v) is 5.65. The van der Waals surface area contributed by atoms with Gasteiger partial charge in [-0.3, -0.25) is 4.79 Å². The van der Waals surface area contributed by atoms with E-state index in [1.807, 2.05) is 13.0 Å². The van der Waals surface area contributed by atoms with Crippen LogP contribution in [0.5, 0.6) is 5.75 Å². The maximum Gasteiger partial charge on any atom is 0.303 e. The van der Waals surface area contributed by atoms with Gasteiger partial charge in [-0.2, -0.15) is 0 Å². The molecule has 0 spiro atoms. The predicted octanol–water partition coefficient (Wildman–Crippen LogP) is 2.52. The second-order valence-electron chi connectivity index (χ2n) is 3.85. The van der Waals surface area contributed by atoms with E-state index in [1.54, 1.807) is 13.2 Å². The number of carboxylic acid groups (broad SMARTS) is 1. The highest BCUT2D eigenvalue weighted by molar-refractivity contribution is 6.31. The Morgan fingerprint density at radius 2 is 2.24 bits per heavy atom. The van der Waals surface area contributed by atoms with Gasteiger partial charge in [0.25, 0.3) is 0 Å². The Bertz CT molecular complexity index is 420. The molecule has 17 heavy (non-hydrogen) atoms. The number of methoxy groups -OCH3 is 1. The molecule has 4 nitrogen and oxygen atoms in total. The molecule has 0 aliphatic heterocycles. The van der Waals surface area contributed by atoms with E-state index < -0.39 is 12.0 Å². The van der Waals surface area contributed by atoms with Gasteiger partial charge in [-0.1, -0.05) is 17.7 Å². The van der Waals surface area contributed by atoms with Crippen LogP contribution in [0.4, 0.5) is 0 Å². The van der Waals surface area contributed by atoms with Crippen molar-refractivity contribution in [3.8, 4) is 5.75 Å². The molecule has 0 saturated heterocycles. The fraction of sp³-hybridized carbons (Fsp3) is 0.417. The summed E-state index contributed by atoms with van der Waals surface area (Å²) in [4.78, 5) is 10.5. The van der Waals surface area contributed by atoms with Crippen molar-refractivity contribution in [2.24, 2.45) is 5.73 Å². The molecule has 1 unspecified atom stereocenters. The summed E-state index contributed by atoms with van der Waals surface area (Å²) in [7, 11) is 1.55. The van der Waals surface area contributed by atoms with E-state index in [2.05, 4.69) is 0 Å². The van der Waals surface area contributed by atoms with Gasteiger partial charge in [-0.15, -0.1) is 0 Å². The molecule has 3 N–H and O–H groups in total. The zero-order valence-corrected chi connectivity index (χ0v) is 10.6. The molecule has 0 aromatic heterocycles. The van der Waals surface area contributed by atoms with Crippen LogP contribution in [0.15, 0.2) is 12.1 Å². The summed E-state index contributed by atoms with van der Waals surface area (Å²) in [5.41, 5.74) is 7.57. The number of rotatable bonds is 5. The molecule has 5 heteroatoms. The zero-order valence-electron chi connectivity index (χ0n) is 9.87. The number of halogens is 1. The molecule has 1 aromatic rings. The normalized spacial score (nSPS) is 12.2. The smallest absolute Gasteiger partial charge is 0.303 e. The van der Waals surface area contributed by atoms with E-state index in [9.17, 15) is 4.79 Å². The standard InChI is InChI=1S/C12H16ClNO3/c1-7-3-4-8(13)11(12(7)17-2)9(14)5-6-10(15)16/h3-4,9H,5-6,14H2,1-2H3,(H,15,16). The summed E-state index contributed by atoms with van der Waals surface area (Å²) in [5.74, 6) is -0.237. The Kier molecular flexibility index (Phi) is 4.78. The first kappa shape index (κ1) is 13.8. The quantitative estimate of drug-likeness (QED) is 0.850. The van der Waals surface area contributed by atoms with Crippen LogP contribution < -0.4 is 10.5 Å². The van der Waals surface area contributed by atoms with E-state index in [0.29, 0.717) is 22.8 Å². The van der Waals surface area contributed by atoms with Crippen molar-refractivity contribution in [1.82, 2.24) is 0 Å². The molecule has 1 rings (SSSR count). The zero-order chi connectivity index (χ0) is 13.0. The molecule has 0 fully saturated rings. The average Bonchev–Trinajstić information content (AvgIpc) is 2.28. The SMILES string of the molecule is COc1c(C)ccc(Cl)c1C(N)CCC(=O)O. The van der Waals surface area contributed by atoms with E-state index in [4.69, 9.17) is 27.2 Å². The molecular formula is C12H16ClNO3. The van der Waals surface area contributed by atoms with E-state index in [0.717, 1.165) is 5.56 Å². The van der Waals surface area contributed by atoms with Gasteiger partial charge in [0.15, 0.2) is 0 Å². The van der Waals surface area contributed by atoms with Crippen LogP contribution in [0.25, 0.3) is 0 Å². The lowest BCUT2D eigenvalue weighted by Gasteiger charge is -2.18. The summed E-state index contributed by atoms with van der Waals surface area (Å²) in [6.45, 7) is 1.89. The number of benzene rings is 1. The van der Waals surface area contributed by atoms with Crippen molar-refractivity contribution < 1.29 is 14.6 Å². The second-order valence-corrected chi connectivity index (χ2v) is 4.26. The van der Waals surface area contributed by atoms with Crippen molar-refractivity contribution >= 4 is 17.6 Å². The molecule has 0 bridgehead atoms. The number of aryl methyl sites for hydroxylation is 1. The first-order chi connectivity index (χ1) is 7.97. The van der Waals surface area contributed by atoms with Gasteiger partial charge in [0.05, 0.1) is 7.11 Å². The number of hydrogen-bond donors (Lipinski definition) is 2. The number of hydrogen-bond acceptors (Lipinski definition) is 3. The maximum atomic E-state index is 10.5. The minimum Gasteiger partial charge on any atom is -0.496 e. The fourth-order valence-electron chi connectivity index (χ4n) is 1.72. The predicted molar refractivity (Wildman–Crippen MR) is 66.5 cm³/mol. The maximum absolute atomic E-state index is 10.5. The van der Waals surface area contributed by atoms with Crippen LogP contribution in [0.3, 0.4) is 0 Å². The second kappa shape index (κ2) is 5.89. The number of carbonyl (C=O) groups is 1. The molecular weight excluding hydrogens is 242 g/mol. The lowest BCUT2D eigenvalue weighted by Crippen LogP contribution is -2.14. The van der Waals surface area contributed by atoms with Crippen LogP contribution >= 0.6 is 11.6 Å². The Morgan fingerprint density at radius 1 is 1.59 bits per heavy atom. The van der Waals surface area contributed by atoms with Gasteiger partial charge >= 0.3 is 5.97 Å². The number of ether oxygens (including phenoxy) is 1. The third-order valence-corrected chi connectivity index (χ3v) is 2.91. The molecule has 1 atom stereocenters. The van der Waals surface area contributed by atoms with E-state index in [-0.39, 0.29) is 6.42 Å². The highest BCUT2D eigenvalue weighted by Gasteiger charge is 2.18. The van der Waals surface area contributed by atoms with Crippen LogP contribution in [-0.4, -0.2) is 18.2 Å². The highest BCUT2D eigenvalue weighted by atomic mass is 35.5. The van der Waals surface area contributed by atoms with Gasteiger partial charge in [-0.25, -0.2) is 0 Å². The summed E-state index contributed by atoms with van der Waals surface area (Å²) < 4.78 is 5.27. The van der Waals surface area contributed by atoms with Crippen LogP contribution in [0.2, 0.25) is 5.02 Å². The molecule has 0 radical (unpaired) electrons. The summed E-state index contributed by atoms with van der Waals surface area (Å²) in [5, 5.41) is 9.14. The number of aliphatic carboxylic acids is 1. The lowest BCUT2D eigenvalue weighted by atomic mass is 9.99. The summed E-state index contributed by atoms with van der Waals surface area (Å²) >= 11 is 6.08. The molecule has 0 heterocycles. The average molecular weight is 258 g/mol. The minimum atomic E-state index is -0.872. The molecule has 0 aliphatic carbocycles.